The van der Waals surface area contributed by atoms with Crippen molar-refractivity contribution in [3.63, 3.8) is 0 Å². The van der Waals surface area contributed by atoms with Crippen LogP contribution in [0.25, 0.3) is 0 Å². The molecule has 0 fully saturated rings. The maximum Gasteiger partial charge on any atom is 0.329 e. The number of hydrogen-bond donors (Lipinski definition) is 3. The maximum atomic E-state index is 11.8. The van der Waals surface area contributed by atoms with Crippen LogP contribution in [-0.2, 0) is 9.59 Å². The topological polar surface area (TPSA) is 157 Å². The lowest BCUT2D eigenvalue weighted by Crippen LogP contribution is -2.33. The maximum absolute atomic E-state index is 11.8. The number of primary amides is 1. The Morgan fingerprint density at radius 1 is 0.963 bits per heavy atom. The summed E-state index contributed by atoms with van der Waals surface area (Å²) in [6.45, 7) is 1.57. The van der Waals surface area contributed by atoms with Crippen LogP contribution in [0, 0.1) is 10.1 Å². The van der Waals surface area contributed by atoms with Gasteiger partial charge in [-0.15, -0.1) is 0 Å². The van der Waals surface area contributed by atoms with E-state index in [1.807, 2.05) is 0 Å². The second-order valence-electron chi connectivity index (χ2n) is 5.34. The number of carbonyl (C=O) groups excluding carboxylic acids is 3. The van der Waals surface area contributed by atoms with Crippen molar-refractivity contribution in [1.29, 1.82) is 0 Å². The van der Waals surface area contributed by atoms with E-state index in [0.717, 1.165) is 0 Å². The molecule has 0 spiro atoms. The van der Waals surface area contributed by atoms with Crippen molar-refractivity contribution in [2.75, 3.05) is 5.32 Å². The van der Waals surface area contributed by atoms with E-state index in [4.69, 9.17) is 5.73 Å². The Balaban J connectivity index is 1.96. The number of carbonyl (C=O) groups is 3. The third-order valence-electron chi connectivity index (χ3n) is 3.45. The van der Waals surface area contributed by atoms with Gasteiger partial charge in [0.25, 0.3) is 5.69 Å². The minimum Gasteiger partial charge on any atom is -0.366 e. The fourth-order valence-electron chi connectivity index (χ4n) is 1.98. The SMILES string of the molecule is C/C(=N\NC(=O)C(=O)Nc1ccc(C(N)=O)cc1)c1ccc([N+](=O)[O-])cc1. The molecular formula is C17H15N5O5. The van der Waals surface area contributed by atoms with Gasteiger partial charge in [0.1, 0.15) is 0 Å². The first-order valence-corrected chi connectivity index (χ1v) is 7.58. The van der Waals surface area contributed by atoms with Gasteiger partial charge in [0.2, 0.25) is 5.91 Å². The lowest BCUT2D eigenvalue weighted by Gasteiger charge is -2.05. The summed E-state index contributed by atoms with van der Waals surface area (Å²) in [5.41, 5.74) is 8.61. The number of hydrogen-bond acceptors (Lipinski definition) is 6. The minimum atomic E-state index is -1.00. The summed E-state index contributed by atoms with van der Waals surface area (Å²) in [5.74, 6) is -2.57. The van der Waals surface area contributed by atoms with Crippen LogP contribution in [0.4, 0.5) is 11.4 Å². The van der Waals surface area contributed by atoms with Gasteiger partial charge in [0.05, 0.1) is 10.6 Å². The Kier molecular flexibility index (Phi) is 5.94. The van der Waals surface area contributed by atoms with Gasteiger partial charge in [-0.3, -0.25) is 24.5 Å². The van der Waals surface area contributed by atoms with Gasteiger partial charge in [-0.25, -0.2) is 5.43 Å². The molecule has 0 saturated carbocycles. The number of nitro benzene ring substituents is 1. The van der Waals surface area contributed by atoms with E-state index in [1.165, 1.54) is 48.5 Å². The monoisotopic (exact) mass is 369 g/mol. The average molecular weight is 369 g/mol. The number of nitrogens with one attached hydrogen (secondary N) is 2. The molecule has 0 bridgehead atoms. The van der Waals surface area contributed by atoms with Crippen LogP contribution in [0.15, 0.2) is 53.6 Å². The van der Waals surface area contributed by atoms with Crippen LogP contribution in [0.5, 0.6) is 0 Å². The lowest BCUT2D eigenvalue weighted by atomic mass is 10.1. The second-order valence-corrected chi connectivity index (χ2v) is 5.34. The number of hydrazone groups is 1. The van der Waals surface area contributed by atoms with E-state index in [9.17, 15) is 24.5 Å². The van der Waals surface area contributed by atoms with Crippen LogP contribution >= 0.6 is 0 Å². The average Bonchev–Trinajstić information content (AvgIpc) is 2.66. The van der Waals surface area contributed by atoms with Crippen LogP contribution < -0.4 is 16.5 Å². The van der Waals surface area contributed by atoms with Crippen LogP contribution in [-0.4, -0.2) is 28.4 Å². The lowest BCUT2D eigenvalue weighted by molar-refractivity contribution is -0.384. The van der Waals surface area contributed by atoms with E-state index < -0.39 is 22.6 Å². The van der Waals surface area contributed by atoms with E-state index in [2.05, 4.69) is 15.8 Å². The van der Waals surface area contributed by atoms with Gasteiger partial charge in [-0.2, -0.15) is 5.10 Å². The van der Waals surface area contributed by atoms with Crippen molar-refractivity contribution in [3.8, 4) is 0 Å². The number of anilines is 1. The number of non-ortho nitro benzene ring substituents is 1. The van der Waals surface area contributed by atoms with E-state index in [-0.39, 0.29) is 11.3 Å². The van der Waals surface area contributed by atoms with Crippen molar-refractivity contribution in [2.24, 2.45) is 10.8 Å². The summed E-state index contributed by atoms with van der Waals surface area (Å²) in [4.78, 5) is 44.7. The van der Waals surface area contributed by atoms with E-state index >= 15 is 0 Å². The molecule has 0 saturated heterocycles. The molecule has 0 unspecified atom stereocenters. The molecule has 2 aromatic carbocycles. The molecule has 10 nitrogen and oxygen atoms in total. The molecular weight excluding hydrogens is 354 g/mol. The van der Waals surface area contributed by atoms with Crippen LogP contribution in [0.3, 0.4) is 0 Å². The van der Waals surface area contributed by atoms with Gasteiger partial charge in [0, 0.05) is 23.4 Å². The number of rotatable bonds is 5. The first kappa shape index (κ1) is 19.2. The summed E-state index contributed by atoms with van der Waals surface area (Å²) in [5, 5.41) is 16.8. The molecule has 138 valence electrons. The molecule has 3 amide bonds. The molecule has 0 atom stereocenters. The zero-order chi connectivity index (χ0) is 20.0. The van der Waals surface area contributed by atoms with Gasteiger partial charge >= 0.3 is 11.8 Å². The minimum absolute atomic E-state index is 0.0719. The quantitative estimate of drug-likeness (QED) is 0.312. The highest BCUT2D eigenvalue weighted by atomic mass is 16.6. The molecule has 2 aromatic rings. The summed E-state index contributed by atoms with van der Waals surface area (Å²) in [7, 11) is 0. The highest BCUT2D eigenvalue weighted by Gasteiger charge is 2.14. The molecule has 2 rings (SSSR count). The normalized spacial score (nSPS) is 10.8. The number of nitrogens with two attached hydrogens (primary N) is 1. The smallest absolute Gasteiger partial charge is 0.329 e. The second kappa shape index (κ2) is 8.34. The van der Waals surface area contributed by atoms with Crippen LogP contribution in [0.2, 0.25) is 0 Å². The zero-order valence-electron chi connectivity index (χ0n) is 14.1. The molecule has 0 aliphatic rings. The Morgan fingerprint density at radius 2 is 1.52 bits per heavy atom. The molecule has 0 aliphatic carbocycles. The van der Waals surface area contributed by atoms with Crippen LogP contribution in [0.1, 0.15) is 22.8 Å². The fourth-order valence-corrected chi connectivity index (χ4v) is 1.98. The van der Waals surface area contributed by atoms with E-state index in [1.54, 1.807) is 6.92 Å². The zero-order valence-corrected chi connectivity index (χ0v) is 14.1. The molecule has 27 heavy (non-hydrogen) atoms. The first-order valence-electron chi connectivity index (χ1n) is 7.58. The molecule has 0 heterocycles. The molecule has 0 radical (unpaired) electrons. The van der Waals surface area contributed by atoms with Gasteiger partial charge in [0.15, 0.2) is 0 Å². The summed E-state index contributed by atoms with van der Waals surface area (Å²) >= 11 is 0. The highest BCUT2D eigenvalue weighted by Crippen LogP contribution is 2.12. The van der Waals surface area contributed by atoms with E-state index in [0.29, 0.717) is 17.0 Å². The number of amides is 3. The largest absolute Gasteiger partial charge is 0.366 e. The van der Waals surface area contributed by atoms with Gasteiger partial charge in [-0.05, 0) is 48.9 Å². The molecule has 0 aliphatic heterocycles. The van der Waals surface area contributed by atoms with Crippen molar-refractivity contribution < 1.29 is 19.3 Å². The van der Waals surface area contributed by atoms with Gasteiger partial charge < -0.3 is 11.1 Å². The summed E-state index contributed by atoms with van der Waals surface area (Å²) in [6.07, 6.45) is 0. The Hall–Kier alpha value is -4.08. The van der Waals surface area contributed by atoms with Crippen molar-refractivity contribution in [3.05, 3.63) is 69.8 Å². The molecule has 4 N–H and O–H groups in total. The Morgan fingerprint density at radius 3 is 2.04 bits per heavy atom. The predicted octanol–water partition coefficient (Wildman–Crippen LogP) is 1.17. The third kappa shape index (κ3) is 5.19. The first-order chi connectivity index (χ1) is 12.8. The summed E-state index contributed by atoms with van der Waals surface area (Å²) < 4.78 is 0. The predicted molar refractivity (Wildman–Crippen MR) is 97.0 cm³/mol. The van der Waals surface area contributed by atoms with Crippen molar-refractivity contribution in [2.45, 2.75) is 6.92 Å². The Bertz CT molecular complexity index is 920. The molecule has 10 heteroatoms. The van der Waals surface area contributed by atoms with Crippen molar-refractivity contribution in [1.82, 2.24) is 5.43 Å². The Labute approximate surface area is 153 Å². The number of nitro groups is 1. The highest BCUT2D eigenvalue weighted by molar-refractivity contribution is 6.39. The third-order valence-corrected chi connectivity index (χ3v) is 3.45. The van der Waals surface area contributed by atoms with Gasteiger partial charge in [-0.1, -0.05) is 0 Å². The molecule has 0 aromatic heterocycles. The standard InChI is InChI=1S/C17H15N5O5/c1-10(11-4-8-14(9-5-11)22(26)27)20-21-17(25)16(24)19-13-6-2-12(3-7-13)15(18)23/h2-9H,1H3,(H2,18,23)(H,19,24)(H,21,25)/b20-10+. The number of nitrogens with zero attached hydrogens (tertiary/aromatic N) is 2. The number of benzene rings is 2. The summed E-state index contributed by atoms with van der Waals surface area (Å²) in [6, 6.07) is 11.2. The fraction of sp³-hybridized carbons (Fsp3) is 0.0588. The van der Waals surface area contributed by atoms with Crippen molar-refractivity contribution >= 4 is 34.8 Å².